The maximum absolute atomic E-state index is 12.5. The zero-order chi connectivity index (χ0) is 24.0. The number of rotatable bonds is 11. The van der Waals surface area contributed by atoms with Crippen LogP contribution >= 0.6 is 0 Å². The lowest BCUT2D eigenvalue weighted by Crippen LogP contribution is -2.35. The summed E-state index contributed by atoms with van der Waals surface area (Å²) in [6.45, 7) is -0.0474. The van der Waals surface area contributed by atoms with Gasteiger partial charge in [-0.2, -0.15) is 0 Å². The number of nitrogens with one attached hydrogen (secondary N) is 2. The second kappa shape index (κ2) is 10.6. The van der Waals surface area contributed by atoms with E-state index in [1.807, 2.05) is 0 Å². The Hall–Kier alpha value is -3.92. The lowest BCUT2D eigenvalue weighted by molar-refractivity contribution is 0.0921. The third kappa shape index (κ3) is 5.47. The molecule has 0 radical (unpaired) electrons. The Labute approximate surface area is 186 Å². The number of carbonyl (C=O) groups is 3. The highest BCUT2D eigenvalue weighted by molar-refractivity contribution is 5.93. The molecular weight excluding hydrogens is 438 g/mol. The fourth-order valence-corrected chi connectivity index (χ4v) is 2.64. The molecular formula is C18H23N9O6. The second-order valence-corrected chi connectivity index (χ2v) is 6.74. The van der Waals surface area contributed by atoms with Gasteiger partial charge in [0.05, 0.1) is 6.04 Å². The maximum Gasteiger partial charge on any atom is 0.273 e. The van der Waals surface area contributed by atoms with Crippen LogP contribution in [0.1, 0.15) is 67.3 Å². The van der Waals surface area contributed by atoms with Gasteiger partial charge in [-0.15, -0.1) is 0 Å². The van der Waals surface area contributed by atoms with Gasteiger partial charge in [0.2, 0.25) is 17.7 Å². The molecule has 0 aromatic carbocycles. The molecule has 0 bridgehead atoms. The first-order valence-corrected chi connectivity index (χ1v) is 9.69. The van der Waals surface area contributed by atoms with Crippen molar-refractivity contribution in [1.29, 1.82) is 0 Å². The van der Waals surface area contributed by atoms with Crippen LogP contribution < -0.4 is 33.6 Å². The third-order valence-corrected chi connectivity index (χ3v) is 4.42. The van der Waals surface area contributed by atoms with Gasteiger partial charge in [-0.05, 0) is 0 Å². The SMILES string of the molecule is NC[C@H](NC(=O)c1coc([C@H](CN)NC(=O)c2coc([C@@H](N)CN)n2)n1)c1nc(C=O)co1. The van der Waals surface area contributed by atoms with Crippen molar-refractivity contribution in [3.63, 3.8) is 0 Å². The number of nitrogens with two attached hydrogens (primary N) is 4. The molecule has 3 rings (SSSR count). The summed E-state index contributed by atoms with van der Waals surface area (Å²) < 4.78 is 15.6. The Morgan fingerprint density at radius 1 is 0.818 bits per heavy atom. The van der Waals surface area contributed by atoms with E-state index in [0.29, 0.717) is 6.29 Å². The van der Waals surface area contributed by atoms with Gasteiger partial charge in [-0.25, -0.2) is 15.0 Å². The molecule has 2 amide bonds. The molecule has 0 spiro atoms. The zero-order valence-corrected chi connectivity index (χ0v) is 17.3. The predicted octanol–water partition coefficient (Wildman–Crippen LogP) is -1.72. The monoisotopic (exact) mass is 461 g/mol. The third-order valence-electron chi connectivity index (χ3n) is 4.42. The average molecular weight is 461 g/mol. The molecule has 15 nitrogen and oxygen atoms in total. The summed E-state index contributed by atoms with van der Waals surface area (Å²) in [5, 5.41) is 5.16. The van der Waals surface area contributed by atoms with Crippen molar-refractivity contribution in [2.75, 3.05) is 19.6 Å². The van der Waals surface area contributed by atoms with Crippen LogP contribution in [0.25, 0.3) is 0 Å². The van der Waals surface area contributed by atoms with Crippen LogP contribution in [0.3, 0.4) is 0 Å². The molecule has 0 aliphatic rings. The molecule has 0 saturated heterocycles. The average Bonchev–Trinajstić information content (AvgIpc) is 3.60. The highest BCUT2D eigenvalue weighted by Gasteiger charge is 2.25. The van der Waals surface area contributed by atoms with E-state index >= 15 is 0 Å². The minimum atomic E-state index is -0.866. The Balaban J connectivity index is 1.66. The highest BCUT2D eigenvalue weighted by atomic mass is 16.4. The largest absolute Gasteiger partial charge is 0.446 e. The first-order chi connectivity index (χ1) is 15.9. The molecule has 176 valence electrons. The van der Waals surface area contributed by atoms with Crippen molar-refractivity contribution in [3.8, 4) is 0 Å². The van der Waals surface area contributed by atoms with Gasteiger partial charge < -0.3 is 46.8 Å². The number of aldehydes is 1. The van der Waals surface area contributed by atoms with Gasteiger partial charge >= 0.3 is 0 Å². The van der Waals surface area contributed by atoms with Crippen LogP contribution in [0, 0.1) is 0 Å². The van der Waals surface area contributed by atoms with Crippen LogP contribution in [-0.2, 0) is 0 Å². The first-order valence-electron chi connectivity index (χ1n) is 9.69. The molecule has 0 saturated carbocycles. The van der Waals surface area contributed by atoms with E-state index in [1.54, 1.807) is 0 Å². The minimum absolute atomic E-state index is 0.0120. The Kier molecular flexibility index (Phi) is 7.62. The molecule has 10 N–H and O–H groups in total. The molecule has 0 aliphatic heterocycles. The van der Waals surface area contributed by atoms with Crippen molar-refractivity contribution in [3.05, 3.63) is 53.5 Å². The molecule has 3 atom stereocenters. The van der Waals surface area contributed by atoms with Crippen LogP contribution in [-0.4, -0.2) is 52.7 Å². The quantitative estimate of drug-likeness (QED) is 0.174. The Morgan fingerprint density at radius 3 is 1.79 bits per heavy atom. The van der Waals surface area contributed by atoms with Crippen LogP contribution in [0.15, 0.2) is 32.0 Å². The van der Waals surface area contributed by atoms with Crippen molar-refractivity contribution >= 4 is 18.1 Å². The topological polar surface area (TPSA) is 257 Å². The predicted molar refractivity (Wildman–Crippen MR) is 109 cm³/mol. The molecule has 0 aliphatic carbocycles. The Morgan fingerprint density at radius 2 is 1.30 bits per heavy atom. The van der Waals surface area contributed by atoms with Gasteiger partial charge in [0.1, 0.15) is 36.6 Å². The summed E-state index contributed by atoms with van der Waals surface area (Å²) in [6.07, 6.45) is 3.86. The van der Waals surface area contributed by atoms with Crippen LogP contribution in [0.2, 0.25) is 0 Å². The van der Waals surface area contributed by atoms with E-state index < -0.39 is 29.9 Å². The molecule has 3 heterocycles. The van der Waals surface area contributed by atoms with E-state index in [4.69, 9.17) is 36.2 Å². The van der Waals surface area contributed by atoms with E-state index in [0.717, 1.165) is 18.8 Å². The number of aromatic nitrogens is 3. The number of amides is 2. The smallest absolute Gasteiger partial charge is 0.273 e. The van der Waals surface area contributed by atoms with Crippen LogP contribution in [0.5, 0.6) is 0 Å². The molecule has 0 unspecified atom stereocenters. The van der Waals surface area contributed by atoms with Crippen molar-refractivity contribution in [1.82, 2.24) is 25.6 Å². The number of nitrogens with zero attached hydrogens (tertiary/aromatic N) is 3. The first kappa shape index (κ1) is 23.7. The second-order valence-electron chi connectivity index (χ2n) is 6.74. The fourth-order valence-electron chi connectivity index (χ4n) is 2.64. The van der Waals surface area contributed by atoms with Crippen molar-refractivity contribution < 1.29 is 27.6 Å². The van der Waals surface area contributed by atoms with Crippen LogP contribution in [0.4, 0.5) is 0 Å². The summed E-state index contributed by atoms with van der Waals surface area (Å²) in [7, 11) is 0. The number of hydrogen-bond donors (Lipinski definition) is 6. The van der Waals surface area contributed by atoms with Crippen molar-refractivity contribution in [2.24, 2.45) is 22.9 Å². The molecule has 3 aromatic heterocycles. The van der Waals surface area contributed by atoms with Gasteiger partial charge in [0.25, 0.3) is 11.8 Å². The zero-order valence-electron chi connectivity index (χ0n) is 17.3. The standard InChI is InChI=1S/C18H23N9O6/c19-1-9(22)16-26-12(6-32-16)14(29)25-11(3-21)18-27-13(7-33-18)15(30)24-10(2-20)17-23-8(4-28)5-31-17/h4-7,9-11H,1-3,19-22H2,(H,24,30)(H,25,29)/t9-,10-,11-/m0/s1. The molecule has 3 aromatic rings. The Bertz CT molecular complexity index is 1110. The molecule has 15 heteroatoms. The summed E-state index contributed by atoms with van der Waals surface area (Å²) >= 11 is 0. The number of carbonyl (C=O) groups excluding carboxylic acids is 3. The lowest BCUT2D eigenvalue weighted by Gasteiger charge is -2.12. The van der Waals surface area contributed by atoms with E-state index in [2.05, 4.69) is 25.6 Å². The fraction of sp³-hybridized carbons (Fsp3) is 0.333. The van der Waals surface area contributed by atoms with Gasteiger partial charge in [0, 0.05) is 19.6 Å². The van der Waals surface area contributed by atoms with E-state index in [-0.39, 0.29) is 54.4 Å². The summed E-state index contributed by atoms with van der Waals surface area (Å²) in [6, 6.07) is -2.32. The molecule has 0 fully saturated rings. The normalized spacial score (nSPS) is 13.8. The maximum atomic E-state index is 12.5. The summed E-state index contributed by atoms with van der Waals surface area (Å²) in [5.41, 5.74) is 22.5. The van der Waals surface area contributed by atoms with Gasteiger partial charge in [-0.1, -0.05) is 0 Å². The lowest BCUT2D eigenvalue weighted by atomic mass is 10.2. The van der Waals surface area contributed by atoms with Crippen molar-refractivity contribution in [2.45, 2.75) is 18.1 Å². The summed E-state index contributed by atoms with van der Waals surface area (Å²) in [5.74, 6) is -1.10. The minimum Gasteiger partial charge on any atom is -0.446 e. The number of oxazole rings is 3. The van der Waals surface area contributed by atoms with Gasteiger partial charge in [0.15, 0.2) is 17.7 Å². The number of hydrogen-bond acceptors (Lipinski definition) is 13. The van der Waals surface area contributed by atoms with E-state index in [9.17, 15) is 14.4 Å². The summed E-state index contributed by atoms with van der Waals surface area (Å²) in [4.78, 5) is 47.7. The van der Waals surface area contributed by atoms with E-state index in [1.165, 1.54) is 0 Å². The van der Waals surface area contributed by atoms with Gasteiger partial charge in [-0.3, -0.25) is 14.4 Å². The highest BCUT2D eigenvalue weighted by Crippen LogP contribution is 2.16. The molecule has 33 heavy (non-hydrogen) atoms.